The van der Waals surface area contributed by atoms with Crippen molar-refractivity contribution in [3.05, 3.63) is 46.3 Å². The van der Waals surface area contributed by atoms with Gasteiger partial charge in [0.2, 0.25) is 5.91 Å². The Bertz CT molecular complexity index is 618. The Morgan fingerprint density at radius 2 is 2.05 bits per heavy atom. The zero-order chi connectivity index (χ0) is 14.0. The van der Waals surface area contributed by atoms with E-state index in [-0.39, 0.29) is 5.71 Å². The molecule has 2 rings (SSSR count). The topological polar surface area (TPSA) is 98.5 Å². The Hall–Kier alpha value is -2.66. The van der Waals surface area contributed by atoms with Crippen molar-refractivity contribution in [2.75, 3.05) is 0 Å². The number of azide groups is 1. The first-order valence-corrected chi connectivity index (χ1v) is 5.56. The average molecular weight is 257 g/mol. The van der Waals surface area contributed by atoms with Gasteiger partial charge in [-0.3, -0.25) is 9.59 Å². The fourth-order valence-electron chi connectivity index (χ4n) is 1.88. The van der Waals surface area contributed by atoms with Crippen molar-refractivity contribution in [3.8, 4) is 0 Å². The van der Waals surface area contributed by atoms with E-state index in [0.29, 0.717) is 5.56 Å². The Morgan fingerprint density at radius 1 is 1.42 bits per heavy atom. The van der Waals surface area contributed by atoms with Gasteiger partial charge in [0.1, 0.15) is 0 Å². The number of carbonyl (C=O) groups is 2. The third kappa shape index (κ3) is 1.96. The van der Waals surface area contributed by atoms with E-state index in [1.165, 1.54) is 13.8 Å². The van der Waals surface area contributed by atoms with Crippen LogP contribution in [0.15, 0.2) is 40.5 Å². The number of amides is 2. The molecule has 0 fully saturated rings. The number of hydrogen-bond acceptors (Lipinski definition) is 4. The second-order valence-corrected chi connectivity index (χ2v) is 4.21. The molecule has 0 N–H and O–H groups in total. The quantitative estimate of drug-likeness (QED) is 0.458. The van der Waals surface area contributed by atoms with E-state index in [1.807, 2.05) is 6.07 Å². The number of rotatable bonds is 2. The number of hydrogen-bond donors (Lipinski definition) is 0. The number of nitrogens with zero attached hydrogens (tertiary/aromatic N) is 5. The number of imide groups is 1. The molecule has 1 heterocycles. The predicted molar refractivity (Wildman–Crippen MR) is 68.1 cm³/mol. The van der Waals surface area contributed by atoms with Crippen molar-refractivity contribution >= 4 is 17.5 Å². The zero-order valence-electron chi connectivity index (χ0n) is 10.4. The monoisotopic (exact) mass is 257 g/mol. The molecule has 1 aliphatic heterocycles. The van der Waals surface area contributed by atoms with Gasteiger partial charge in [-0.1, -0.05) is 35.4 Å². The predicted octanol–water partition coefficient (Wildman–Crippen LogP) is 1.85. The summed E-state index contributed by atoms with van der Waals surface area (Å²) in [6.45, 7) is 2.68. The number of carbonyl (C=O) groups excluding carboxylic acids is 2. The highest BCUT2D eigenvalue weighted by Crippen LogP contribution is 2.28. The molecule has 0 aromatic heterocycles. The molecular formula is C12H11N5O2. The third-order valence-corrected chi connectivity index (χ3v) is 2.86. The van der Waals surface area contributed by atoms with Crippen LogP contribution in [-0.2, 0) is 9.59 Å². The number of benzene rings is 1. The molecule has 0 radical (unpaired) electrons. The van der Waals surface area contributed by atoms with Crippen LogP contribution in [0.2, 0.25) is 0 Å². The van der Waals surface area contributed by atoms with Crippen molar-refractivity contribution < 1.29 is 9.59 Å². The minimum Gasteiger partial charge on any atom is -0.273 e. The van der Waals surface area contributed by atoms with Gasteiger partial charge in [-0.25, -0.2) is 0 Å². The highest BCUT2D eigenvalue weighted by Gasteiger charge is 2.48. The van der Waals surface area contributed by atoms with Crippen molar-refractivity contribution in [2.24, 2.45) is 10.2 Å². The lowest BCUT2D eigenvalue weighted by atomic mass is 9.91. The van der Waals surface area contributed by atoms with Gasteiger partial charge in [0.05, 0.1) is 5.71 Å². The summed E-state index contributed by atoms with van der Waals surface area (Å²) in [4.78, 5) is 26.3. The molecule has 1 unspecified atom stereocenters. The highest BCUT2D eigenvalue weighted by atomic mass is 16.2. The van der Waals surface area contributed by atoms with Crippen LogP contribution in [0.3, 0.4) is 0 Å². The van der Waals surface area contributed by atoms with Gasteiger partial charge in [-0.05, 0) is 18.0 Å². The van der Waals surface area contributed by atoms with Gasteiger partial charge in [-0.15, -0.1) is 0 Å². The van der Waals surface area contributed by atoms with E-state index < -0.39 is 17.4 Å². The molecule has 96 valence electrons. The Balaban J connectivity index is 2.60. The van der Waals surface area contributed by atoms with Crippen molar-refractivity contribution in [1.82, 2.24) is 5.01 Å². The van der Waals surface area contributed by atoms with E-state index in [4.69, 9.17) is 5.53 Å². The standard InChI is InChI=1S/C12H11N5O2/c1-8(18)17-11(19)12(2,15-16-13)10(14-17)9-6-4-3-5-7-9/h3-7H,1-2H3. The largest absolute Gasteiger partial charge is 0.273 e. The lowest BCUT2D eigenvalue weighted by Gasteiger charge is -2.17. The summed E-state index contributed by atoms with van der Waals surface area (Å²) in [6.07, 6.45) is 0. The molecule has 1 aliphatic rings. The average Bonchev–Trinajstić information content (AvgIpc) is 2.64. The summed E-state index contributed by atoms with van der Waals surface area (Å²) in [5.41, 5.74) is 8.05. The SMILES string of the molecule is CC(=O)N1N=C(c2ccccc2)C(C)(N=[N+]=[N-])C1=O. The normalized spacial score (nSPS) is 21.9. The van der Waals surface area contributed by atoms with Crippen molar-refractivity contribution in [3.63, 3.8) is 0 Å². The van der Waals surface area contributed by atoms with Crippen LogP contribution in [0.4, 0.5) is 0 Å². The van der Waals surface area contributed by atoms with Gasteiger partial charge in [0.25, 0.3) is 5.91 Å². The Kier molecular flexibility index (Phi) is 3.06. The molecule has 7 heteroatoms. The molecule has 0 bridgehead atoms. The second-order valence-electron chi connectivity index (χ2n) is 4.21. The van der Waals surface area contributed by atoms with Gasteiger partial charge in [-0.2, -0.15) is 10.1 Å². The van der Waals surface area contributed by atoms with Gasteiger partial charge in [0, 0.05) is 11.8 Å². The highest BCUT2D eigenvalue weighted by molar-refractivity contribution is 6.26. The molecule has 1 aromatic carbocycles. The summed E-state index contributed by atoms with van der Waals surface area (Å²) in [7, 11) is 0. The fraction of sp³-hybridized carbons (Fsp3) is 0.250. The summed E-state index contributed by atoms with van der Waals surface area (Å²) in [5.74, 6) is -1.16. The molecule has 0 saturated heterocycles. The molecule has 1 atom stereocenters. The van der Waals surface area contributed by atoms with Gasteiger partial charge in [0.15, 0.2) is 5.54 Å². The molecule has 19 heavy (non-hydrogen) atoms. The minimum atomic E-state index is -1.50. The van der Waals surface area contributed by atoms with Crippen molar-refractivity contribution in [1.29, 1.82) is 0 Å². The van der Waals surface area contributed by atoms with Crippen LogP contribution in [-0.4, -0.2) is 28.1 Å². The minimum absolute atomic E-state index is 0.270. The van der Waals surface area contributed by atoms with E-state index >= 15 is 0 Å². The van der Waals surface area contributed by atoms with Crippen LogP contribution in [0, 0.1) is 0 Å². The molecule has 0 aliphatic carbocycles. The van der Waals surface area contributed by atoms with Crippen LogP contribution >= 0.6 is 0 Å². The third-order valence-electron chi connectivity index (χ3n) is 2.86. The molecule has 1 aromatic rings. The molecular weight excluding hydrogens is 246 g/mol. The first-order valence-electron chi connectivity index (χ1n) is 5.56. The molecule has 0 spiro atoms. The first-order chi connectivity index (χ1) is 9.00. The number of hydrazone groups is 1. The van der Waals surface area contributed by atoms with E-state index in [1.54, 1.807) is 24.3 Å². The molecule has 7 nitrogen and oxygen atoms in total. The summed E-state index contributed by atoms with van der Waals surface area (Å²) in [6, 6.07) is 8.83. The maximum absolute atomic E-state index is 12.2. The second kappa shape index (κ2) is 4.55. The Morgan fingerprint density at radius 3 is 2.58 bits per heavy atom. The smallest absolute Gasteiger partial charge is 0.267 e. The maximum atomic E-state index is 12.2. The summed E-state index contributed by atoms with van der Waals surface area (Å²) in [5, 5.41) is 8.26. The maximum Gasteiger partial charge on any atom is 0.267 e. The zero-order valence-corrected chi connectivity index (χ0v) is 10.4. The van der Waals surface area contributed by atoms with Gasteiger partial charge < -0.3 is 0 Å². The lowest BCUT2D eigenvalue weighted by Crippen LogP contribution is -2.43. The molecule has 2 amide bonds. The summed E-state index contributed by atoms with van der Waals surface area (Å²) >= 11 is 0. The van der Waals surface area contributed by atoms with E-state index in [2.05, 4.69) is 15.1 Å². The Labute approximate surface area is 109 Å². The fourth-order valence-corrected chi connectivity index (χ4v) is 1.88. The van der Waals surface area contributed by atoms with E-state index in [9.17, 15) is 9.59 Å². The first kappa shape index (κ1) is 12.8. The summed E-state index contributed by atoms with van der Waals surface area (Å²) < 4.78 is 0. The lowest BCUT2D eigenvalue weighted by molar-refractivity contribution is -0.143. The molecule has 0 saturated carbocycles. The van der Waals surface area contributed by atoms with Gasteiger partial charge >= 0.3 is 0 Å². The van der Waals surface area contributed by atoms with Crippen LogP contribution in [0.1, 0.15) is 19.4 Å². The van der Waals surface area contributed by atoms with Crippen LogP contribution in [0.25, 0.3) is 10.4 Å². The van der Waals surface area contributed by atoms with Crippen LogP contribution in [0.5, 0.6) is 0 Å². The van der Waals surface area contributed by atoms with Crippen LogP contribution < -0.4 is 0 Å². The van der Waals surface area contributed by atoms with E-state index in [0.717, 1.165) is 5.01 Å². The van der Waals surface area contributed by atoms with Crippen molar-refractivity contribution in [2.45, 2.75) is 19.4 Å².